The second-order valence-corrected chi connectivity index (χ2v) is 8.21. The first-order chi connectivity index (χ1) is 9.86. The molecule has 0 amide bonds. The van der Waals surface area contributed by atoms with Gasteiger partial charge < -0.3 is 10.5 Å². The maximum absolute atomic E-state index is 6.36. The number of ether oxygens (including phenoxy) is 1. The number of rotatable bonds is 5. The molecule has 0 aromatic rings. The lowest BCUT2D eigenvalue weighted by Gasteiger charge is -2.41. The maximum atomic E-state index is 6.36. The fourth-order valence-corrected chi connectivity index (χ4v) is 4.51. The quantitative estimate of drug-likeness (QED) is 0.786. The normalized spacial score (nSPS) is 29.7. The lowest BCUT2D eigenvalue weighted by molar-refractivity contribution is -0.0849. The fourth-order valence-electron chi connectivity index (χ4n) is 4.51. The smallest absolute Gasteiger partial charge is 0.0789 e. The van der Waals surface area contributed by atoms with Crippen molar-refractivity contribution in [3.63, 3.8) is 0 Å². The van der Waals surface area contributed by atoms with E-state index in [4.69, 9.17) is 10.5 Å². The van der Waals surface area contributed by atoms with Gasteiger partial charge in [-0.2, -0.15) is 0 Å². The second kappa shape index (κ2) is 6.97. The number of hydrogen-bond donors (Lipinski definition) is 1. The van der Waals surface area contributed by atoms with Crippen LogP contribution in [0.5, 0.6) is 0 Å². The minimum atomic E-state index is -0.0512. The molecule has 0 aromatic carbocycles. The van der Waals surface area contributed by atoms with E-state index < -0.39 is 0 Å². The summed E-state index contributed by atoms with van der Waals surface area (Å²) in [6, 6.07) is 1.27. The highest BCUT2D eigenvalue weighted by molar-refractivity contribution is 5.01. The average molecular weight is 296 g/mol. The zero-order valence-corrected chi connectivity index (χ0v) is 14.7. The van der Waals surface area contributed by atoms with Crippen LogP contribution in [0.15, 0.2) is 0 Å². The first-order valence-corrected chi connectivity index (χ1v) is 9.02. The van der Waals surface area contributed by atoms with Crippen LogP contribution in [0.2, 0.25) is 0 Å². The van der Waals surface area contributed by atoms with E-state index in [-0.39, 0.29) is 11.2 Å². The molecule has 1 saturated heterocycles. The van der Waals surface area contributed by atoms with Crippen molar-refractivity contribution >= 4 is 0 Å². The van der Waals surface area contributed by atoms with Gasteiger partial charge in [0, 0.05) is 18.6 Å². The van der Waals surface area contributed by atoms with Gasteiger partial charge >= 0.3 is 0 Å². The van der Waals surface area contributed by atoms with Crippen molar-refractivity contribution in [3.8, 4) is 0 Å². The van der Waals surface area contributed by atoms with Crippen LogP contribution >= 0.6 is 0 Å². The molecular weight excluding hydrogens is 260 g/mol. The summed E-state index contributed by atoms with van der Waals surface area (Å²) in [5.74, 6) is 0. The van der Waals surface area contributed by atoms with Crippen LogP contribution in [0.4, 0.5) is 0 Å². The van der Waals surface area contributed by atoms with Crippen molar-refractivity contribution in [2.75, 3.05) is 13.1 Å². The van der Waals surface area contributed by atoms with E-state index in [1.54, 1.807) is 0 Å². The van der Waals surface area contributed by atoms with Gasteiger partial charge in [0.05, 0.1) is 11.2 Å². The third-order valence-corrected chi connectivity index (χ3v) is 5.34. The molecule has 1 aliphatic carbocycles. The molecule has 1 unspecified atom stereocenters. The minimum absolute atomic E-state index is 0.000138. The Hall–Kier alpha value is -0.120. The molecule has 2 fully saturated rings. The van der Waals surface area contributed by atoms with Crippen LogP contribution in [0, 0.1) is 0 Å². The number of nitrogens with two attached hydrogens (primary N) is 1. The third-order valence-electron chi connectivity index (χ3n) is 5.34. The molecule has 1 saturated carbocycles. The van der Waals surface area contributed by atoms with Crippen molar-refractivity contribution in [1.82, 2.24) is 4.90 Å². The van der Waals surface area contributed by atoms with Crippen LogP contribution in [0.25, 0.3) is 0 Å². The number of hydrogen-bond acceptors (Lipinski definition) is 3. The topological polar surface area (TPSA) is 38.5 Å². The Morgan fingerprint density at radius 3 is 2.14 bits per heavy atom. The second-order valence-electron chi connectivity index (χ2n) is 8.21. The standard InChI is InChI=1S/C18H36N2O/c1-17(2)14-16(18(3,4)21-17)20(13-9-12-19)15-10-7-5-6-8-11-15/h15-16H,5-14,19H2,1-4H3. The molecule has 3 nitrogen and oxygen atoms in total. The molecule has 0 spiro atoms. The lowest BCUT2D eigenvalue weighted by Crippen LogP contribution is -2.51. The molecule has 2 N–H and O–H groups in total. The summed E-state index contributed by atoms with van der Waals surface area (Å²) >= 11 is 0. The Labute approximate surface area is 131 Å². The highest BCUT2D eigenvalue weighted by Crippen LogP contribution is 2.42. The summed E-state index contributed by atoms with van der Waals surface area (Å²) in [5.41, 5.74) is 5.75. The molecule has 3 heteroatoms. The van der Waals surface area contributed by atoms with E-state index in [1.165, 1.54) is 38.5 Å². The van der Waals surface area contributed by atoms with Crippen molar-refractivity contribution in [2.45, 2.75) is 102 Å². The molecule has 21 heavy (non-hydrogen) atoms. The van der Waals surface area contributed by atoms with Gasteiger partial charge in [-0.1, -0.05) is 25.7 Å². The summed E-state index contributed by atoms with van der Waals surface area (Å²) in [6.45, 7) is 11.0. The molecule has 1 aliphatic heterocycles. The zero-order chi connectivity index (χ0) is 15.5. The van der Waals surface area contributed by atoms with E-state index in [0.717, 1.165) is 32.0 Å². The predicted octanol–water partition coefficient (Wildman–Crippen LogP) is 3.71. The van der Waals surface area contributed by atoms with E-state index in [1.807, 2.05) is 0 Å². The van der Waals surface area contributed by atoms with E-state index in [9.17, 15) is 0 Å². The Morgan fingerprint density at radius 2 is 1.67 bits per heavy atom. The SMILES string of the molecule is CC1(C)CC(N(CCCN)C2CCCCCC2)C(C)(C)O1. The van der Waals surface area contributed by atoms with Crippen molar-refractivity contribution < 1.29 is 4.74 Å². The van der Waals surface area contributed by atoms with Gasteiger partial charge in [-0.3, -0.25) is 4.90 Å². The molecule has 0 bridgehead atoms. The fraction of sp³-hybridized carbons (Fsp3) is 1.00. The van der Waals surface area contributed by atoms with Crippen LogP contribution in [-0.4, -0.2) is 41.3 Å². The predicted molar refractivity (Wildman–Crippen MR) is 89.5 cm³/mol. The van der Waals surface area contributed by atoms with Crippen LogP contribution in [-0.2, 0) is 4.74 Å². The molecule has 2 aliphatic rings. The molecule has 0 radical (unpaired) electrons. The van der Waals surface area contributed by atoms with Gasteiger partial charge in [-0.15, -0.1) is 0 Å². The van der Waals surface area contributed by atoms with Crippen LogP contribution in [0.3, 0.4) is 0 Å². The Bertz CT molecular complexity index is 319. The molecule has 1 heterocycles. The van der Waals surface area contributed by atoms with Crippen molar-refractivity contribution in [3.05, 3.63) is 0 Å². The number of nitrogens with zero attached hydrogens (tertiary/aromatic N) is 1. The van der Waals surface area contributed by atoms with E-state index in [0.29, 0.717) is 6.04 Å². The molecule has 124 valence electrons. The summed E-state index contributed by atoms with van der Waals surface area (Å²) < 4.78 is 6.36. The summed E-state index contributed by atoms with van der Waals surface area (Å²) in [4.78, 5) is 2.77. The van der Waals surface area contributed by atoms with Gasteiger partial charge in [0.2, 0.25) is 0 Å². The largest absolute Gasteiger partial charge is 0.368 e. The maximum Gasteiger partial charge on any atom is 0.0789 e. The highest BCUT2D eigenvalue weighted by Gasteiger charge is 2.49. The lowest BCUT2D eigenvalue weighted by atomic mass is 9.90. The zero-order valence-electron chi connectivity index (χ0n) is 14.7. The Kier molecular flexibility index (Phi) is 5.72. The van der Waals surface area contributed by atoms with Gasteiger partial charge in [-0.25, -0.2) is 0 Å². The molecule has 2 rings (SSSR count). The first-order valence-electron chi connectivity index (χ1n) is 9.02. The van der Waals surface area contributed by atoms with Gasteiger partial charge in [0.1, 0.15) is 0 Å². The van der Waals surface area contributed by atoms with Crippen molar-refractivity contribution in [1.29, 1.82) is 0 Å². The van der Waals surface area contributed by atoms with Gasteiger partial charge in [0.25, 0.3) is 0 Å². The van der Waals surface area contributed by atoms with Gasteiger partial charge in [-0.05, 0) is 59.9 Å². The minimum Gasteiger partial charge on any atom is -0.368 e. The first kappa shape index (κ1) is 17.2. The molecule has 1 atom stereocenters. The monoisotopic (exact) mass is 296 g/mol. The summed E-state index contributed by atoms with van der Waals surface area (Å²) in [6.07, 6.45) is 10.6. The summed E-state index contributed by atoms with van der Waals surface area (Å²) in [5, 5.41) is 0. The van der Waals surface area contributed by atoms with Crippen LogP contribution in [0.1, 0.15) is 79.1 Å². The molecular formula is C18H36N2O. The van der Waals surface area contributed by atoms with E-state index in [2.05, 4.69) is 32.6 Å². The summed E-state index contributed by atoms with van der Waals surface area (Å²) in [7, 11) is 0. The van der Waals surface area contributed by atoms with Gasteiger partial charge in [0.15, 0.2) is 0 Å². The van der Waals surface area contributed by atoms with E-state index >= 15 is 0 Å². The van der Waals surface area contributed by atoms with Crippen molar-refractivity contribution in [2.24, 2.45) is 5.73 Å². The Balaban J connectivity index is 2.14. The third kappa shape index (κ3) is 4.43. The molecule has 0 aromatic heterocycles. The Morgan fingerprint density at radius 1 is 1.05 bits per heavy atom. The highest BCUT2D eigenvalue weighted by atomic mass is 16.5. The average Bonchev–Trinajstić information content (AvgIpc) is 2.60. The van der Waals surface area contributed by atoms with Crippen LogP contribution < -0.4 is 5.73 Å².